The Hall–Kier alpha value is -1.07. The van der Waals surface area contributed by atoms with Crippen LogP contribution in [0.5, 0.6) is 0 Å². The van der Waals surface area contributed by atoms with Crippen LogP contribution in [0.1, 0.15) is 11.6 Å². The highest BCUT2D eigenvalue weighted by molar-refractivity contribution is 5.25. The van der Waals surface area contributed by atoms with Crippen molar-refractivity contribution in [1.29, 1.82) is 0 Å². The minimum atomic E-state index is -1.14. The van der Waals surface area contributed by atoms with Crippen molar-refractivity contribution in [2.75, 3.05) is 19.8 Å². The molecule has 1 aromatic rings. The Morgan fingerprint density at radius 2 is 1.93 bits per heavy atom. The summed E-state index contributed by atoms with van der Waals surface area (Å²) in [5.41, 5.74) is -0.283. The third-order valence-electron chi connectivity index (χ3n) is 2.35. The van der Waals surface area contributed by atoms with Gasteiger partial charge in [-0.25, -0.2) is 13.2 Å². The molecule has 1 aliphatic rings. The van der Waals surface area contributed by atoms with E-state index in [4.69, 9.17) is 4.74 Å². The second-order valence-electron chi connectivity index (χ2n) is 3.34. The summed E-state index contributed by atoms with van der Waals surface area (Å²) in [6, 6.07) is 1.08. The van der Waals surface area contributed by atoms with Crippen molar-refractivity contribution in [1.82, 2.24) is 5.32 Å². The van der Waals surface area contributed by atoms with Gasteiger partial charge in [-0.2, -0.15) is 0 Å². The van der Waals surface area contributed by atoms with Crippen molar-refractivity contribution in [3.05, 3.63) is 35.1 Å². The van der Waals surface area contributed by atoms with E-state index in [1.807, 2.05) is 0 Å². The SMILES string of the molecule is Fc1ccc(F)c(C2COCCN2)c1F. The second-order valence-corrected chi connectivity index (χ2v) is 3.34. The first-order valence-electron chi connectivity index (χ1n) is 4.64. The molecule has 1 atom stereocenters. The molecular formula is C10H10F3NO. The van der Waals surface area contributed by atoms with E-state index in [0.717, 1.165) is 12.1 Å². The Bertz CT molecular complexity index is 364. The van der Waals surface area contributed by atoms with E-state index in [1.54, 1.807) is 0 Å². The molecule has 0 amide bonds. The molecule has 1 aliphatic heterocycles. The van der Waals surface area contributed by atoms with Gasteiger partial charge in [-0.1, -0.05) is 0 Å². The Labute approximate surface area is 85.0 Å². The van der Waals surface area contributed by atoms with Crippen molar-refractivity contribution in [2.45, 2.75) is 6.04 Å². The molecule has 0 aliphatic carbocycles. The van der Waals surface area contributed by atoms with Crippen LogP contribution in [0.15, 0.2) is 12.1 Å². The number of hydrogen-bond donors (Lipinski definition) is 1. The molecule has 1 aromatic carbocycles. The normalized spacial score (nSPS) is 21.7. The summed E-state index contributed by atoms with van der Waals surface area (Å²) in [4.78, 5) is 0. The molecule has 15 heavy (non-hydrogen) atoms. The van der Waals surface area contributed by atoms with Gasteiger partial charge in [-0.05, 0) is 12.1 Å². The lowest BCUT2D eigenvalue weighted by atomic mass is 10.1. The minimum Gasteiger partial charge on any atom is -0.378 e. The Kier molecular flexibility index (Phi) is 2.93. The van der Waals surface area contributed by atoms with Gasteiger partial charge >= 0.3 is 0 Å². The number of nitrogens with one attached hydrogen (secondary N) is 1. The maximum absolute atomic E-state index is 13.3. The molecular weight excluding hydrogens is 207 g/mol. The van der Waals surface area contributed by atoms with Crippen LogP contribution in [-0.4, -0.2) is 19.8 Å². The first-order chi connectivity index (χ1) is 7.20. The van der Waals surface area contributed by atoms with Crippen LogP contribution in [0.3, 0.4) is 0 Å². The zero-order valence-corrected chi connectivity index (χ0v) is 7.90. The van der Waals surface area contributed by atoms with Gasteiger partial charge in [0.25, 0.3) is 0 Å². The van der Waals surface area contributed by atoms with E-state index in [0.29, 0.717) is 13.2 Å². The number of hydrogen-bond acceptors (Lipinski definition) is 2. The zero-order chi connectivity index (χ0) is 10.8. The number of ether oxygens (including phenoxy) is 1. The average molecular weight is 217 g/mol. The fourth-order valence-corrected chi connectivity index (χ4v) is 1.61. The summed E-state index contributed by atoms with van der Waals surface area (Å²) < 4.78 is 44.6. The third kappa shape index (κ3) is 1.98. The summed E-state index contributed by atoms with van der Waals surface area (Å²) in [7, 11) is 0. The van der Waals surface area contributed by atoms with Crippen LogP contribution in [0.2, 0.25) is 0 Å². The minimum absolute atomic E-state index is 0.150. The van der Waals surface area contributed by atoms with Gasteiger partial charge in [0, 0.05) is 12.1 Å². The van der Waals surface area contributed by atoms with Crippen molar-refractivity contribution >= 4 is 0 Å². The van der Waals surface area contributed by atoms with Crippen molar-refractivity contribution in [3.63, 3.8) is 0 Å². The van der Waals surface area contributed by atoms with Gasteiger partial charge in [0.1, 0.15) is 5.82 Å². The summed E-state index contributed by atoms with van der Waals surface area (Å²) in [6.07, 6.45) is 0. The molecule has 1 unspecified atom stereocenters. The Morgan fingerprint density at radius 3 is 2.60 bits per heavy atom. The average Bonchev–Trinajstić information content (AvgIpc) is 2.26. The van der Waals surface area contributed by atoms with E-state index in [-0.39, 0.29) is 12.2 Å². The highest BCUT2D eigenvalue weighted by Crippen LogP contribution is 2.24. The van der Waals surface area contributed by atoms with Gasteiger partial charge in [0.15, 0.2) is 11.6 Å². The summed E-state index contributed by atoms with van der Waals surface area (Å²) in [5, 5.41) is 2.87. The van der Waals surface area contributed by atoms with Crippen LogP contribution >= 0.6 is 0 Å². The monoisotopic (exact) mass is 217 g/mol. The molecule has 0 aromatic heterocycles. The molecule has 1 N–H and O–H groups in total. The van der Waals surface area contributed by atoms with E-state index >= 15 is 0 Å². The maximum atomic E-state index is 13.3. The molecule has 0 radical (unpaired) electrons. The first kappa shape index (κ1) is 10.4. The highest BCUT2D eigenvalue weighted by atomic mass is 19.2. The molecule has 0 saturated carbocycles. The Balaban J connectivity index is 2.36. The molecule has 2 nitrogen and oxygen atoms in total. The van der Waals surface area contributed by atoms with E-state index in [2.05, 4.69) is 5.32 Å². The first-order valence-corrected chi connectivity index (χ1v) is 4.64. The van der Waals surface area contributed by atoms with Crippen LogP contribution < -0.4 is 5.32 Å². The number of morpholine rings is 1. The van der Waals surface area contributed by atoms with Crippen LogP contribution in [0.4, 0.5) is 13.2 Å². The Morgan fingerprint density at radius 1 is 1.20 bits per heavy atom. The number of rotatable bonds is 1. The molecule has 0 spiro atoms. The summed E-state index contributed by atoms with van der Waals surface area (Å²) in [6.45, 7) is 1.15. The molecule has 1 heterocycles. The lowest BCUT2D eigenvalue weighted by Gasteiger charge is -2.24. The fourth-order valence-electron chi connectivity index (χ4n) is 1.61. The maximum Gasteiger partial charge on any atom is 0.166 e. The predicted molar refractivity (Wildman–Crippen MR) is 47.9 cm³/mol. The second kappa shape index (κ2) is 4.20. The lowest BCUT2D eigenvalue weighted by Crippen LogP contribution is -2.35. The van der Waals surface area contributed by atoms with Crippen LogP contribution in [0.25, 0.3) is 0 Å². The number of halogens is 3. The van der Waals surface area contributed by atoms with Crippen LogP contribution in [0, 0.1) is 17.5 Å². The third-order valence-corrected chi connectivity index (χ3v) is 2.35. The van der Waals surface area contributed by atoms with Crippen molar-refractivity contribution < 1.29 is 17.9 Å². The highest BCUT2D eigenvalue weighted by Gasteiger charge is 2.24. The van der Waals surface area contributed by atoms with Gasteiger partial charge in [-0.15, -0.1) is 0 Å². The van der Waals surface area contributed by atoms with E-state index < -0.39 is 23.5 Å². The largest absolute Gasteiger partial charge is 0.378 e. The molecule has 1 fully saturated rings. The summed E-state index contributed by atoms with van der Waals surface area (Å²) >= 11 is 0. The fraction of sp³-hybridized carbons (Fsp3) is 0.400. The predicted octanol–water partition coefficient (Wildman–Crippen LogP) is 1.76. The smallest absolute Gasteiger partial charge is 0.166 e. The molecule has 1 saturated heterocycles. The standard InChI is InChI=1S/C10H10F3NO/c11-6-1-2-7(12)10(13)9(6)8-5-15-4-3-14-8/h1-2,8,14H,3-5H2. The summed E-state index contributed by atoms with van der Waals surface area (Å²) in [5.74, 6) is -2.94. The lowest BCUT2D eigenvalue weighted by molar-refractivity contribution is 0.0742. The van der Waals surface area contributed by atoms with Gasteiger partial charge in [0.05, 0.1) is 19.3 Å². The topological polar surface area (TPSA) is 21.3 Å². The van der Waals surface area contributed by atoms with Gasteiger partial charge in [0.2, 0.25) is 0 Å². The van der Waals surface area contributed by atoms with Gasteiger partial charge in [-0.3, -0.25) is 0 Å². The number of benzene rings is 1. The quantitative estimate of drug-likeness (QED) is 0.724. The van der Waals surface area contributed by atoms with E-state index in [9.17, 15) is 13.2 Å². The zero-order valence-electron chi connectivity index (χ0n) is 7.90. The van der Waals surface area contributed by atoms with Crippen LogP contribution in [-0.2, 0) is 4.74 Å². The van der Waals surface area contributed by atoms with Crippen molar-refractivity contribution in [3.8, 4) is 0 Å². The molecule has 82 valence electrons. The van der Waals surface area contributed by atoms with Crippen molar-refractivity contribution in [2.24, 2.45) is 0 Å². The molecule has 0 bridgehead atoms. The van der Waals surface area contributed by atoms with Gasteiger partial charge < -0.3 is 10.1 Å². The van der Waals surface area contributed by atoms with E-state index in [1.165, 1.54) is 0 Å². The molecule has 2 rings (SSSR count). The molecule has 5 heteroatoms.